The van der Waals surface area contributed by atoms with Crippen molar-refractivity contribution in [2.24, 2.45) is 5.92 Å². The number of ether oxygens (including phenoxy) is 2. The van der Waals surface area contributed by atoms with E-state index in [0.717, 1.165) is 98.2 Å². The fourth-order valence-corrected chi connectivity index (χ4v) is 15.5. The van der Waals surface area contributed by atoms with Crippen LogP contribution in [0.1, 0.15) is 115 Å². The topological polar surface area (TPSA) is 198 Å². The number of Topliss-reactive ketones (excluding diaryl/α,β-unsaturated/α-hetero) is 1. The summed E-state index contributed by atoms with van der Waals surface area (Å²) in [6, 6.07) is 23.4. The Bertz CT molecular complexity index is 2950. The van der Waals surface area contributed by atoms with E-state index in [0.29, 0.717) is 131 Å². The average molecular weight is 1200 g/mol. The zero-order chi connectivity index (χ0) is 58.2. The van der Waals surface area contributed by atoms with Gasteiger partial charge in [-0.25, -0.2) is 31.2 Å². The molecule has 2 amide bonds. The Morgan fingerprint density at radius 1 is 0.695 bits per heavy atom. The lowest BCUT2D eigenvalue weighted by Crippen LogP contribution is -2.45. The molecule has 17 nitrogen and oxygen atoms in total. The smallest absolute Gasteiger partial charge is 0.314 e. The fraction of sp³-hybridized carbons (Fsp3) is 0.541. The van der Waals surface area contributed by atoms with Crippen LogP contribution in [0.25, 0.3) is 4.85 Å². The van der Waals surface area contributed by atoms with Crippen LogP contribution in [0.15, 0.2) is 82.6 Å². The molecule has 0 spiro atoms. The quantitative estimate of drug-likeness (QED) is 0.0379. The molecule has 82 heavy (non-hydrogen) atoms. The SMILES string of the molecule is [C-]#[N+]c1cc(Cl)cc2c1CN(C)CC2c1cccc(S(=O)(=O)NC2CCN(CCOCCNC(=O)NCCCCCC(=O)CCCOCCN3CCC(CS(=O)(=O)c4cccc(C5CN(C)Cc6c(C#N)cc(Cl)cc65)c4)CC3)CC2)c1. The lowest BCUT2D eigenvalue weighted by Gasteiger charge is -2.34. The van der Waals surface area contributed by atoms with Gasteiger partial charge in [-0.2, -0.15) is 5.26 Å². The molecule has 4 aliphatic rings. The maximum Gasteiger partial charge on any atom is 0.314 e. The third kappa shape index (κ3) is 17.8. The largest absolute Gasteiger partial charge is 0.380 e. The number of hydrogen-bond donors (Lipinski definition) is 3. The average Bonchev–Trinajstić information content (AvgIpc) is 2.93. The van der Waals surface area contributed by atoms with Gasteiger partial charge in [-0.1, -0.05) is 53.9 Å². The number of nitrogens with one attached hydrogen (secondary N) is 3. The van der Waals surface area contributed by atoms with Gasteiger partial charge in [0.2, 0.25) is 10.0 Å². The number of likely N-dealkylation sites (tertiary alicyclic amines) is 2. The zero-order valence-electron chi connectivity index (χ0n) is 47.4. The van der Waals surface area contributed by atoms with Crippen LogP contribution in [0, 0.1) is 23.8 Å². The van der Waals surface area contributed by atoms with Gasteiger partial charge < -0.3 is 39.7 Å². The number of nitriles is 1. The monoisotopic (exact) mass is 1200 g/mol. The van der Waals surface area contributed by atoms with Crippen LogP contribution in [0.2, 0.25) is 10.0 Å². The van der Waals surface area contributed by atoms with Gasteiger partial charge in [0.1, 0.15) is 5.78 Å². The molecule has 21 heteroatoms. The van der Waals surface area contributed by atoms with E-state index in [9.17, 15) is 31.7 Å². The number of carbonyl (C=O) groups is 2. The normalized spacial score (nSPS) is 18.8. The first kappa shape index (κ1) is 63.0. The number of hydrogen-bond acceptors (Lipinski definition) is 13. The molecule has 4 aromatic rings. The Hall–Kier alpha value is -5.00. The molecule has 2 atom stereocenters. The number of unbranched alkanes of at least 4 members (excludes halogenated alkanes) is 2. The molecule has 0 bridgehead atoms. The number of halogens is 2. The van der Waals surface area contributed by atoms with Crippen molar-refractivity contribution in [1.82, 2.24) is 35.0 Å². The number of piperidine rings is 2. The minimum absolute atomic E-state index is 0.0733. The van der Waals surface area contributed by atoms with Gasteiger partial charge in [0, 0.05) is 99.7 Å². The van der Waals surface area contributed by atoms with E-state index < -0.39 is 19.9 Å². The third-order valence-electron chi connectivity index (χ3n) is 16.4. The van der Waals surface area contributed by atoms with Crippen molar-refractivity contribution in [1.29, 1.82) is 5.26 Å². The predicted molar refractivity (Wildman–Crippen MR) is 320 cm³/mol. The molecule has 0 radical (unpaired) electrons. The van der Waals surface area contributed by atoms with Gasteiger partial charge in [-0.05, 0) is 173 Å². The van der Waals surface area contributed by atoms with Crippen LogP contribution in [0.5, 0.6) is 0 Å². The van der Waals surface area contributed by atoms with Crippen molar-refractivity contribution in [3.8, 4) is 6.07 Å². The molecule has 0 saturated carbocycles. The minimum Gasteiger partial charge on any atom is -0.380 e. The molecule has 2 saturated heterocycles. The zero-order valence-corrected chi connectivity index (χ0v) is 50.5. The molecule has 0 aromatic heterocycles. The van der Waals surface area contributed by atoms with Gasteiger partial charge in [-0.3, -0.25) is 4.79 Å². The van der Waals surface area contributed by atoms with Gasteiger partial charge in [0.05, 0.1) is 53.6 Å². The number of urea groups is 1. The van der Waals surface area contributed by atoms with E-state index in [-0.39, 0.29) is 46.3 Å². The van der Waals surface area contributed by atoms with Crippen LogP contribution in [0.3, 0.4) is 0 Å². The molecule has 2 unspecified atom stereocenters. The number of carbonyl (C=O) groups excluding carboxylic acids is 2. The van der Waals surface area contributed by atoms with Gasteiger partial charge in [-0.15, -0.1) is 0 Å². The van der Waals surface area contributed by atoms with Gasteiger partial charge in [0.15, 0.2) is 15.5 Å². The Kier molecular flexibility index (Phi) is 23.2. The molecular weight excluding hydrogens is 1120 g/mol. The van der Waals surface area contributed by atoms with Gasteiger partial charge >= 0.3 is 6.03 Å². The van der Waals surface area contributed by atoms with E-state index in [1.807, 2.05) is 44.4 Å². The Morgan fingerprint density at radius 3 is 1.93 bits per heavy atom. The van der Waals surface area contributed by atoms with Crippen molar-refractivity contribution in [2.45, 2.75) is 105 Å². The summed E-state index contributed by atoms with van der Waals surface area (Å²) >= 11 is 12.8. The van der Waals surface area contributed by atoms with Crippen molar-refractivity contribution in [2.75, 3.05) is 112 Å². The summed E-state index contributed by atoms with van der Waals surface area (Å²) in [7, 11) is -3.29. The molecule has 8 rings (SSSR count). The number of ketones is 1. The van der Waals surface area contributed by atoms with E-state index in [1.54, 1.807) is 42.5 Å². The van der Waals surface area contributed by atoms with Crippen molar-refractivity contribution >= 4 is 60.6 Å². The number of rotatable bonds is 27. The van der Waals surface area contributed by atoms with Crippen LogP contribution in [0.4, 0.5) is 10.5 Å². The first-order valence-corrected chi connectivity index (χ1v) is 32.8. The minimum atomic E-state index is -3.77. The van der Waals surface area contributed by atoms with Crippen LogP contribution in [-0.4, -0.2) is 166 Å². The Balaban J connectivity index is 0.602. The highest BCUT2D eigenvalue weighted by molar-refractivity contribution is 7.91. The van der Waals surface area contributed by atoms with Crippen LogP contribution >= 0.6 is 23.2 Å². The lowest BCUT2D eigenvalue weighted by molar-refractivity contribution is -0.119. The van der Waals surface area contributed by atoms with Crippen LogP contribution in [-0.2, 0) is 47.2 Å². The summed E-state index contributed by atoms with van der Waals surface area (Å²) in [5, 5.41) is 16.5. The highest BCUT2D eigenvalue weighted by Gasteiger charge is 2.32. The molecule has 2 fully saturated rings. The number of nitrogens with zero attached hydrogens (tertiary/aromatic N) is 6. The predicted octanol–water partition coefficient (Wildman–Crippen LogP) is 8.74. The maximum absolute atomic E-state index is 13.7. The molecule has 0 aliphatic carbocycles. The number of benzene rings is 4. The van der Waals surface area contributed by atoms with E-state index >= 15 is 0 Å². The molecule has 4 heterocycles. The van der Waals surface area contributed by atoms with E-state index in [4.69, 9.17) is 39.2 Å². The third-order valence-corrected chi connectivity index (χ3v) is 20.2. The number of sulfone groups is 1. The number of likely N-dealkylation sites (N-methyl/N-ethyl adjacent to an activating group) is 2. The highest BCUT2D eigenvalue weighted by atomic mass is 35.5. The van der Waals surface area contributed by atoms with Crippen molar-refractivity contribution in [3.05, 3.63) is 133 Å². The maximum atomic E-state index is 13.7. The Labute approximate surface area is 495 Å². The number of fused-ring (bicyclic) bond motifs is 2. The van der Waals surface area contributed by atoms with Gasteiger partial charge in [0.25, 0.3) is 0 Å². The molecule has 4 aromatic carbocycles. The fourth-order valence-electron chi connectivity index (χ4n) is 11.9. The summed E-state index contributed by atoms with van der Waals surface area (Å²) in [5.41, 5.74) is 6.66. The van der Waals surface area contributed by atoms with E-state index in [2.05, 4.69) is 45.9 Å². The van der Waals surface area contributed by atoms with E-state index in [1.165, 1.54) is 0 Å². The molecular formula is C61H79Cl2N9O8S2. The lowest BCUT2D eigenvalue weighted by atomic mass is 9.83. The standard InChI is InChI=1S/C61H79Cl2N9O8S2/c1-65-60-37-49(63)36-55-57(40-70(3)42-59(55)60)46-11-8-15-53(34-46)82(77,78)68-50-18-24-72(25-19-50)27-31-80-29-21-67-61(74)66-20-6-4-5-12-51(73)13-9-28-79-30-26-71-22-16-44(17-23-71)43-81(75,76)52-14-7-10-45(33-52)56-39-69(2)41-58-47(38-64)32-48(62)35-54(56)58/h7-8,10-11,14-15,32-37,44,50,56-57,68H,4-6,9,12-13,16-31,39-43H2,2-3H3,(H2,66,67,74). The van der Waals surface area contributed by atoms with Crippen molar-refractivity contribution in [3.63, 3.8) is 0 Å². The summed E-state index contributed by atoms with van der Waals surface area (Å²) in [6.07, 6.45) is 7.01. The molecule has 4 aliphatic heterocycles. The second kappa shape index (κ2) is 30.2. The second-order valence-corrected chi connectivity index (χ2v) is 27.2. The summed E-state index contributed by atoms with van der Waals surface area (Å²) in [4.78, 5) is 37.9. The second-order valence-electron chi connectivity index (χ2n) is 22.5. The number of amides is 2. The summed E-state index contributed by atoms with van der Waals surface area (Å²) < 4.78 is 69.3. The highest BCUT2D eigenvalue weighted by Crippen LogP contribution is 2.41. The Morgan fingerprint density at radius 2 is 1.27 bits per heavy atom. The number of sulfonamides is 1. The molecule has 442 valence electrons. The first-order chi connectivity index (χ1) is 39.5. The van der Waals surface area contributed by atoms with Crippen LogP contribution < -0.4 is 15.4 Å². The summed E-state index contributed by atoms with van der Waals surface area (Å²) in [5.74, 6) is 0.180. The first-order valence-electron chi connectivity index (χ1n) is 28.9. The van der Waals surface area contributed by atoms with Crippen molar-refractivity contribution < 1.29 is 35.9 Å². The summed E-state index contributed by atoms with van der Waals surface area (Å²) in [6.45, 7) is 17.7. The molecule has 3 N–H and O–H groups in total.